The van der Waals surface area contributed by atoms with Gasteiger partial charge in [0.2, 0.25) is 11.8 Å². The van der Waals surface area contributed by atoms with E-state index in [0.717, 1.165) is 5.56 Å². The third-order valence-corrected chi connectivity index (χ3v) is 6.10. The van der Waals surface area contributed by atoms with Crippen molar-refractivity contribution < 1.29 is 29.0 Å². The Morgan fingerprint density at radius 1 is 1.08 bits per heavy atom. The maximum absolute atomic E-state index is 14.1. The lowest BCUT2D eigenvalue weighted by Gasteiger charge is -2.38. The van der Waals surface area contributed by atoms with Crippen LogP contribution in [0.5, 0.6) is 5.75 Å². The Balaban J connectivity index is 2.58. The van der Waals surface area contributed by atoms with E-state index in [-0.39, 0.29) is 18.6 Å². The molecule has 10 heteroatoms. The molecule has 2 aromatic rings. The monoisotopic (exact) mass is 540 g/mol. The molecule has 0 aromatic heterocycles. The minimum atomic E-state index is -1.20. The second-order valence-corrected chi connectivity index (χ2v) is 10.5. The molecule has 0 radical (unpaired) electrons. The molecule has 0 spiro atoms. The number of nitrogens with one attached hydrogen (secondary N) is 2. The first-order valence-corrected chi connectivity index (χ1v) is 13.0. The van der Waals surface area contributed by atoms with Gasteiger partial charge in [-0.2, -0.15) is 0 Å². The lowest BCUT2D eigenvalue weighted by atomic mass is 9.98. The molecule has 4 amide bonds. The number of nitrogens with zero attached hydrogens (tertiary/aromatic N) is 1. The number of phenols is 1. The summed E-state index contributed by atoms with van der Waals surface area (Å²) in [4.78, 5) is 53.6. The molecule has 2 rings (SSSR count). The van der Waals surface area contributed by atoms with Gasteiger partial charge in [-0.05, 0) is 76.8 Å². The Bertz CT molecular complexity index is 1180. The first-order valence-electron chi connectivity index (χ1n) is 13.0. The number of amides is 4. The second kappa shape index (κ2) is 13.6. The predicted molar refractivity (Wildman–Crippen MR) is 149 cm³/mol. The van der Waals surface area contributed by atoms with Crippen LogP contribution in [0.2, 0.25) is 0 Å². The van der Waals surface area contributed by atoms with Crippen molar-refractivity contribution >= 4 is 29.5 Å². The molecule has 212 valence electrons. The highest BCUT2D eigenvalue weighted by atomic mass is 16.6. The van der Waals surface area contributed by atoms with Crippen LogP contribution < -0.4 is 16.4 Å². The number of carbonyl (C=O) groups excluding carboxylic acids is 4. The Kier molecular flexibility index (Phi) is 10.9. The van der Waals surface area contributed by atoms with Crippen molar-refractivity contribution in [3.63, 3.8) is 0 Å². The molecule has 0 saturated heterocycles. The summed E-state index contributed by atoms with van der Waals surface area (Å²) in [5.41, 5.74) is 6.30. The van der Waals surface area contributed by atoms with Crippen LogP contribution in [0.1, 0.15) is 71.0 Å². The van der Waals surface area contributed by atoms with Crippen LogP contribution >= 0.6 is 0 Å². The first kappa shape index (κ1) is 31.1. The van der Waals surface area contributed by atoms with Crippen molar-refractivity contribution in [1.82, 2.24) is 10.2 Å². The van der Waals surface area contributed by atoms with E-state index in [0.29, 0.717) is 17.7 Å². The van der Waals surface area contributed by atoms with Gasteiger partial charge in [-0.3, -0.25) is 14.4 Å². The molecule has 3 atom stereocenters. The first-order chi connectivity index (χ1) is 18.2. The van der Waals surface area contributed by atoms with Gasteiger partial charge in [-0.25, -0.2) is 4.79 Å². The molecular formula is C29H40N4O6. The molecule has 10 nitrogen and oxygen atoms in total. The van der Waals surface area contributed by atoms with Crippen molar-refractivity contribution in [2.45, 2.75) is 84.5 Å². The number of aryl methyl sites for hydroxylation is 1. The van der Waals surface area contributed by atoms with Gasteiger partial charge in [-0.15, -0.1) is 0 Å². The number of para-hydroxylation sites is 1. The molecule has 0 heterocycles. The highest BCUT2D eigenvalue weighted by Crippen LogP contribution is 2.30. The Labute approximate surface area is 229 Å². The summed E-state index contributed by atoms with van der Waals surface area (Å²) in [7, 11) is 0. The van der Waals surface area contributed by atoms with Gasteiger partial charge in [0.1, 0.15) is 23.4 Å². The second-order valence-electron chi connectivity index (χ2n) is 10.5. The van der Waals surface area contributed by atoms with Gasteiger partial charge >= 0.3 is 6.09 Å². The molecule has 0 aliphatic carbocycles. The zero-order valence-corrected chi connectivity index (χ0v) is 23.5. The van der Waals surface area contributed by atoms with Gasteiger partial charge in [0.05, 0.1) is 0 Å². The lowest BCUT2D eigenvalue weighted by Crippen LogP contribution is -2.55. The van der Waals surface area contributed by atoms with Gasteiger partial charge in [0.15, 0.2) is 0 Å². The number of benzene rings is 2. The Morgan fingerprint density at radius 2 is 1.74 bits per heavy atom. The number of aromatic hydroxyl groups is 1. The van der Waals surface area contributed by atoms with Crippen molar-refractivity contribution in [2.75, 3.05) is 5.32 Å². The summed E-state index contributed by atoms with van der Waals surface area (Å²) in [6.45, 7) is 10.6. The van der Waals surface area contributed by atoms with Crippen molar-refractivity contribution in [3.8, 4) is 5.75 Å². The van der Waals surface area contributed by atoms with E-state index in [1.807, 2.05) is 26.0 Å². The van der Waals surface area contributed by atoms with Crippen LogP contribution in [-0.2, 0) is 19.1 Å². The molecule has 3 unspecified atom stereocenters. The molecule has 0 fully saturated rings. The molecule has 0 aliphatic heterocycles. The highest BCUT2D eigenvalue weighted by molar-refractivity contribution is 5.99. The predicted octanol–water partition coefficient (Wildman–Crippen LogP) is 4.17. The smallest absolute Gasteiger partial charge is 0.408 e. The molecular weight excluding hydrogens is 500 g/mol. The summed E-state index contributed by atoms with van der Waals surface area (Å²) in [6.07, 6.45) is -0.625. The number of hydrogen-bond donors (Lipinski definition) is 4. The van der Waals surface area contributed by atoms with E-state index in [1.54, 1.807) is 52.0 Å². The minimum Gasteiger partial charge on any atom is -0.508 e. The van der Waals surface area contributed by atoms with E-state index >= 15 is 0 Å². The maximum Gasteiger partial charge on any atom is 0.408 e. The average molecular weight is 541 g/mol. The normalized spacial score (nSPS) is 13.5. The fourth-order valence-corrected chi connectivity index (χ4v) is 4.02. The van der Waals surface area contributed by atoms with E-state index in [9.17, 15) is 24.3 Å². The fourth-order valence-electron chi connectivity index (χ4n) is 4.02. The number of nitrogens with two attached hydrogens (primary N) is 1. The molecule has 39 heavy (non-hydrogen) atoms. The fraction of sp³-hybridized carbons (Fsp3) is 0.448. The van der Waals surface area contributed by atoms with Crippen molar-refractivity contribution in [3.05, 3.63) is 59.7 Å². The van der Waals surface area contributed by atoms with E-state index in [1.165, 1.54) is 17.0 Å². The van der Waals surface area contributed by atoms with E-state index < -0.39 is 47.5 Å². The number of primary amides is 1. The Morgan fingerprint density at radius 3 is 2.31 bits per heavy atom. The standard InChI is InChI=1S/C29H40N4O6/c1-7-19(3)33(27(37)23(15-16-24(30)35)32-28(38)39-29(4,5)6)25(20-12-10-13-21(34)17-20)26(36)31-22-14-9-8-11-18(22)2/h8-14,17,19,23,25,34H,7,15-16H2,1-6H3,(H2,30,35)(H,31,36)(H,32,38). The van der Waals surface area contributed by atoms with E-state index in [2.05, 4.69) is 10.6 Å². The number of rotatable bonds is 11. The van der Waals surface area contributed by atoms with Gasteiger partial charge in [-0.1, -0.05) is 37.3 Å². The Hall–Kier alpha value is -4.08. The largest absolute Gasteiger partial charge is 0.508 e. The topological polar surface area (TPSA) is 151 Å². The minimum absolute atomic E-state index is 0.0742. The van der Waals surface area contributed by atoms with Crippen LogP contribution in [0, 0.1) is 6.92 Å². The van der Waals surface area contributed by atoms with Crippen molar-refractivity contribution in [1.29, 1.82) is 0 Å². The van der Waals surface area contributed by atoms with Crippen LogP contribution in [0.4, 0.5) is 10.5 Å². The van der Waals surface area contributed by atoms with Gasteiger partial charge in [0, 0.05) is 18.2 Å². The number of anilines is 1. The molecule has 0 aliphatic rings. The summed E-state index contributed by atoms with van der Waals surface area (Å²) < 4.78 is 5.34. The maximum atomic E-state index is 14.1. The number of carbonyl (C=O) groups is 4. The summed E-state index contributed by atoms with van der Waals surface area (Å²) in [6, 6.07) is 10.5. The van der Waals surface area contributed by atoms with E-state index in [4.69, 9.17) is 10.5 Å². The summed E-state index contributed by atoms with van der Waals surface area (Å²) in [5, 5.41) is 15.7. The van der Waals surface area contributed by atoms with Gasteiger partial charge < -0.3 is 31.1 Å². The quantitative estimate of drug-likeness (QED) is 0.336. The highest BCUT2D eigenvalue weighted by Gasteiger charge is 2.38. The lowest BCUT2D eigenvalue weighted by molar-refractivity contribution is -0.143. The number of ether oxygens (including phenoxy) is 1. The molecule has 2 aromatic carbocycles. The number of phenolic OH excluding ortho intramolecular Hbond substituents is 1. The SMILES string of the molecule is CCC(C)N(C(=O)C(CCC(N)=O)NC(=O)OC(C)(C)C)C(C(=O)Nc1ccccc1C)c1cccc(O)c1. The molecule has 0 bridgehead atoms. The molecule has 5 N–H and O–H groups in total. The van der Waals surface area contributed by atoms with Gasteiger partial charge in [0.25, 0.3) is 5.91 Å². The van der Waals surface area contributed by atoms with Crippen LogP contribution in [0.3, 0.4) is 0 Å². The third kappa shape index (κ3) is 9.31. The zero-order valence-electron chi connectivity index (χ0n) is 23.5. The molecule has 0 saturated carbocycles. The number of hydrogen-bond acceptors (Lipinski definition) is 6. The van der Waals surface area contributed by atoms with Crippen LogP contribution in [0.15, 0.2) is 48.5 Å². The third-order valence-electron chi connectivity index (χ3n) is 6.10. The van der Waals surface area contributed by atoms with Crippen molar-refractivity contribution in [2.24, 2.45) is 5.73 Å². The van der Waals surface area contributed by atoms with Crippen LogP contribution in [0.25, 0.3) is 0 Å². The average Bonchev–Trinajstić information content (AvgIpc) is 2.84. The summed E-state index contributed by atoms with van der Waals surface area (Å²) >= 11 is 0. The summed E-state index contributed by atoms with van der Waals surface area (Å²) in [5.74, 6) is -1.81. The van der Waals surface area contributed by atoms with Crippen LogP contribution in [-0.4, -0.2) is 51.5 Å². The number of alkyl carbamates (subject to hydrolysis) is 1. The zero-order chi connectivity index (χ0) is 29.3.